The Kier molecular flexibility index (Phi) is 8.27. The second kappa shape index (κ2) is 10.8. The molecule has 1 aliphatic carbocycles. The van der Waals surface area contributed by atoms with Crippen LogP contribution >= 0.6 is 11.6 Å². The molecule has 3 amide bonds. The van der Waals surface area contributed by atoms with Gasteiger partial charge < -0.3 is 15.1 Å². The van der Waals surface area contributed by atoms with Crippen LogP contribution in [0.5, 0.6) is 0 Å². The zero-order valence-electron chi connectivity index (χ0n) is 19.4. The Morgan fingerprint density at radius 3 is 2.51 bits per heavy atom. The quantitative estimate of drug-likeness (QED) is 0.587. The molecule has 2 atom stereocenters. The summed E-state index contributed by atoms with van der Waals surface area (Å²) in [4.78, 5) is 40.0. The Morgan fingerprint density at radius 1 is 1.20 bits per heavy atom. The molecule has 2 unspecified atom stereocenters. The molecule has 1 heterocycles. The molecule has 190 valence electrons. The van der Waals surface area contributed by atoms with Gasteiger partial charge in [-0.1, -0.05) is 48.0 Å². The van der Waals surface area contributed by atoms with Crippen molar-refractivity contribution >= 4 is 34.9 Å². The number of piperidine rings is 1. The number of alkyl halides is 4. The molecule has 1 aromatic carbocycles. The summed E-state index contributed by atoms with van der Waals surface area (Å²) in [6, 6.07) is 7.47. The van der Waals surface area contributed by atoms with Crippen molar-refractivity contribution in [1.29, 1.82) is 0 Å². The van der Waals surface area contributed by atoms with E-state index in [1.165, 1.54) is 35.9 Å². The number of nitrogens with one attached hydrogen (secondary N) is 1. The highest BCUT2D eigenvalue weighted by atomic mass is 35.5. The Hall–Kier alpha value is -2.85. The van der Waals surface area contributed by atoms with Gasteiger partial charge in [0, 0.05) is 38.2 Å². The average Bonchev–Trinajstić information content (AvgIpc) is 2.78. The smallest absolute Gasteiger partial charge is 0.337 e. The number of carbonyl (C=O) groups is 3. The minimum atomic E-state index is -5.02. The summed E-state index contributed by atoms with van der Waals surface area (Å²) in [7, 11) is 1.49. The van der Waals surface area contributed by atoms with E-state index < -0.39 is 29.8 Å². The molecule has 1 saturated heterocycles. The Morgan fingerprint density at radius 2 is 1.89 bits per heavy atom. The van der Waals surface area contributed by atoms with Gasteiger partial charge in [-0.2, -0.15) is 0 Å². The highest BCUT2D eigenvalue weighted by Gasteiger charge is 2.47. The Bertz CT molecular complexity index is 1030. The maximum atomic E-state index is 13.2. The lowest BCUT2D eigenvalue weighted by atomic mass is 9.92. The van der Waals surface area contributed by atoms with E-state index in [0.717, 1.165) is 0 Å². The topological polar surface area (TPSA) is 79.0 Å². The molecule has 0 bridgehead atoms. The van der Waals surface area contributed by atoms with Crippen LogP contribution in [0.25, 0.3) is 5.57 Å². The van der Waals surface area contributed by atoms with Gasteiger partial charge in [0.1, 0.15) is 6.04 Å². The number of hydrogen-bond donors (Lipinski definition) is 1. The lowest BCUT2D eigenvalue weighted by Crippen LogP contribution is -2.54. The number of nitrogens with zero attached hydrogens (tertiary/aromatic N) is 2. The van der Waals surface area contributed by atoms with Crippen LogP contribution < -0.4 is 5.32 Å². The van der Waals surface area contributed by atoms with Gasteiger partial charge in [-0.25, -0.2) is 0 Å². The van der Waals surface area contributed by atoms with Crippen LogP contribution in [-0.2, 0) is 19.1 Å². The molecular weight excluding hydrogens is 487 g/mol. The van der Waals surface area contributed by atoms with Crippen LogP contribution in [0.3, 0.4) is 0 Å². The molecule has 0 saturated carbocycles. The van der Waals surface area contributed by atoms with Gasteiger partial charge in [-0.15, -0.1) is 13.2 Å². The third-order valence-corrected chi connectivity index (χ3v) is 6.37. The van der Waals surface area contributed by atoms with Crippen molar-refractivity contribution in [1.82, 2.24) is 15.1 Å². The number of rotatable bonds is 6. The van der Waals surface area contributed by atoms with E-state index in [2.05, 4.69) is 10.1 Å². The largest absolute Gasteiger partial charge is 0.524 e. The molecule has 11 heteroatoms. The van der Waals surface area contributed by atoms with E-state index in [1.807, 2.05) is 0 Å². The second-order valence-electron chi connectivity index (χ2n) is 8.55. The van der Waals surface area contributed by atoms with Crippen LogP contribution in [0.15, 0.2) is 48.2 Å². The summed E-state index contributed by atoms with van der Waals surface area (Å²) in [6.45, 7) is 1.51. The number of hydrogen-bond acceptors (Lipinski definition) is 4. The summed E-state index contributed by atoms with van der Waals surface area (Å²) in [5.41, 5.74) is 0.691. The van der Waals surface area contributed by atoms with E-state index >= 15 is 0 Å². The molecule has 2 aliphatic rings. The molecule has 1 fully saturated rings. The Balaban J connectivity index is 1.81. The van der Waals surface area contributed by atoms with Crippen molar-refractivity contribution in [3.63, 3.8) is 0 Å². The number of carbonyl (C=O) groups excluding carboxylic acids is 3. The van der Waals surface area contributed by atoms with Gasteiger partial charge in [0.25, 0.3) is 0 Å². The van der Waals surface area contributed by atoms with Crippen molar-refractivity contribution in [3.05, 3.63) is 53.7 Å². The van der Waals surface area contributed by atoms with E-state index in [4.69, 9.17) is 11.6 Å². The van der Waals surface area contributed by atoms with Crippen LogP contribution in [0, 0.1) is 0 Å². The van der Waals surface area contributed by atoms with Crippen molar-refractivity contribution < 1.29 is 32.3 Å². The first-order valence-electron chi connectivity index (χ1n) is 11.1. The second-order valence-corrected chi connectivity index (χ2v) is 9.16. The SMILES string of the molecule is CC(=O)N(C)CC(=O)N1CCCCC1C(=O)NC1=CC=C(c2ccccc2)C(Cl)(OC(F)(F)F)C1. The minimum Gasteiger partial charge on any atom is -0.337 e. The molecule has 1 N–H and O–H groups in total. The van der Waals surface area contributed by atoms with Crippen molar-refractivity contribution in [2.75, 3.05) is 20.1 Å². The number of ether oxygens (including phenoxy) is 1. The fourth-order valence-corrected chi connectivity index (χ4v) is 4.55. The summed E-state index contributed by atoms with van der Waals surface area (Å²) < 4.78 is 44.0. The minimum absolute atomic E-state index is 0.108. The molecule has 3 rings (SSSR count). The summed E-state index contributed by atoms with van der Waals surface area (Å²) in [5, 5.41) is 0.345. The van der Waals surface area contributed by atoms with Gasteiger partial charge in [0.05, 0.1) is 6.54 Å². The first-order valence-corrected chi connectivity index (χ1v) is 11.5. The summed E-state index contributed by atoms with van der Waals surface area (Å²) in [5.74, 6) is -1.19. The van der Waals surface area contributed by atoms with Gasteiger partial charge >= 0.3 is 6.36 Å². The van der Waals surface area contributed by atoms with E-state index in [9.17, 15) is 27.6 Å². The Labute approximate surface area is 206 Å². The number of allylic oxidation sites excluding steroid dienone is 2. The van der Waals surface area contributed by atoms with E-state index in [1.54, 1.807) is 30.3 Å². The molecule has 1 aliphatic heterocycles. The monoisotopic (exact) mass is 513 g/mol. The number of likely N-dealkylation sites (tertiary alicyclic amines) is 1. The van der Waals surface area contributed by atoms with Crippen LogP contribution in [0.1, 0.15) is 38.2 Å². The number of halogens is 4. The molecule has 7 nitrogen and oxygen atoms in total. The van der Waals surface area contributed by atoms with Crippen molar-refractivity contribution in [3.8, 4) is 0 Å². The molecule has 0 aromatic heterocycles. The van der Waals surface area contributed by atoms with Crippen LogP contribution in [-0.4, -0.2) is 65.1 Å². The molecule has 0 spiro atoms. The fourth-order valence-electron chi connectivity index (χ4n) is 4.15. The zero-order valence-corrected chi connectivity index (χ0v) is 20.2. The van der Waals surface area contributed by atoms with Crippen molar-refractivity contribution in [2.24, 2.45) is 0 Å². The zero-order chi connectivity index (χ0) is 25.8. The standard InChI is InChI=1S/C24H27ClF3N3O4/c1-16(32)30(2)15-21(33)31-13-7-6-10-20(31)22(34)29-18-11-12-19(17-8-4-3-5-9-17)23(25,14-18)35-24(26,27)28/h3-5,8-9,11-12,20H,6-7,10,13-15H2,1-2H3,(H,29,34). The molecule has 0 radical (unpaired) electrons. The average molecular weight is 514 g/mol. The van der Waals surface area contributed by atoms with E-state index in [-0.39, 0.29) is 29.6 Å². The van der Waals surface area contributed by atoms with Gasteiger partial charge in [-0.3, -0.25) is 19.1 Å². The first kappa shape index (κ1) is 26.7. The number of likely N-dealkylation sites (N-methyl/N-ethyl adjacent to an activating group) is 1. The van der Waals surface area contributed by atoms with Gasteiger partial charge in [0.2, 0.25) is 17.7 Å². The first-order chi connectivity index (χ1) is 16.4. The lowest BCUT2D eigenvalue weighted by molar-refractivity contribution is -0.342. The third-order valence-electron chi connectivity index (χ3n) is 5.95. The molecular formula is C24H27ClF3N3O4. The van der Waals surface area contributed by atoms with Gasteiger partial charge in [-0.05, 0) is 30.9 Å². The summed E-state index contributed by atoms with van der Waals surface area (Å²) >= 11 is 6.39. The predicted octanol–water partition coefficient (Wildman–Crippen LogP) is 3.80. The van der Waals surface area contributed by atoms with Gasteiger partial charge in [0.15, 0.2) is 5.06 Å². The van der Waals surface area contributed by atoms with Crippen LogP contribution in [0.2, 0.25) is 0 Å². The lowest BCUT2D eigenvalue weighted by Gasteiger charge is -2.37. The number of benzene rings is 1. The maximum absolute atomic E-state index is 13.2. The van der Waals surface area contributed by atoms with E-state index in [0.29, 0.717) is 31.4 Å². The fraction of sp³-hybridized carbons (Fsp3) is 0.458. The molecule has 1 aromatic rings. The third kappa shape index (κ3) is 6.85. The normalized spacial score (nSPS) is 22.7. The maximum Gasteiger partial charge on any atom is 0.524 e. The van der Waals surface area contributed by atoms with Crippen LogP contribution in [0.4, 0.5) is 13.2 Å². The number of amides is 3. The predicted molar refractivity (Wildman–Crippen MR) is 124 cm³/mol. The van der Waals surface area contributed by atoms with Crippen molar-refractivity contribution in [2.45, 2.75) is 50.1 Å². The summed E-state index contributed by atoms with van der Waals surface area (Å²) in [6.07, 6.45) is -0.790. The molecule has 35 heavy (non-hydrogen) atoms. The highest BCUT2D eigenvalue weighted by molar-refractivity contribution is 6.29. The highest BCUT2D eigenvalue weighted by Crippen LogP contribution is 2.45.